The predicted octanol–water partition coefficient (Wildman–Crippen LogP) is 4.64. The van der Waals surface area contributed by atoms with Crippen molar-refractivity contribution in [3.05, 3.63) is 106 Å². The number of carbonyl (C=O) groups excluding carboxylic acids is 4. The van der Waals surface area contributed by atoms with E-state index >= 15 is 0 Å². The number of ether oxygens (including phenoxy) is 4. The molecule has 0 fully saturated rings. The molecule has 0 N–H and O–H groups in total. The first-order valence-electron chi connectivity index (χ1n) is 17.7. The molecular formula is C41H40N4O8. The lowest BCUT2D eigenvalue weighted by Gasteiger charge is -2.35. The third kappa shape index (κ3) is 5.78. The molecule has 0 saturated heterocycles. The van der Waals surface area contributed by atoms with Gasteiger partial charge in [0.2, 0.25) is 11.8 Å². The first kappa shape index (κ1) is 34.1. The van der Waals surface area contributed by atoms with Gasteiger partial charge in [-0.2, -0.15) is 0 Å². The van der Waals surface area contributed by atoms with Crippen LogP contribution in [0.5, 0.6) is 23.0 Å². The quantitative estimate of drug-likeness (QED) is 0.242. The van der Waals surface area contributed by atoms with Crippen LogP contribution in [0.1, 0.15) is 49.4 Å². The van der Waals surface area contributed by atoms with Crippen molar-refractivity contribution in [3.63, 3.8) is 0 Å². The second-order valence-electron chi connectivity index (χ2n) is 13.7. The molecule has 0 radical (unpaired) electrons. The molecule has 4 aromatic rings. The van der Waals surface area contributed by atoms with Crippen molar-refractivity contribution in [2.75, 3.05) is 51.3 Å². The molecule has 0 bridgehead atoms. The van der Waals surface area contributed by atoms with Crippen LogP contribution in [0, 0.1) is 0 Å². The molecule has 0 saturated carbocycles. The van der Waals surface area contributed by atoms with Crippen LogP contribution in [0.25, 0.3) is 0 Å². The minimum atomic E-state index is -0.609. The van der Waals surface area contributed by atoms with Crippen LogP contribution in [-0.4, -0.2) is 87.0 Å². The molecule has 4 aliphatic rings. The number of rotatable bonds is 8. The standard InChI is InChI=1S/C41H40N4O8/c1-42-30-20-36(34(50-3)18-28(30)38(46)44-22-26-12-7-5-10-24(26)16-32(44)40(42)48)52-14-9-15-53-37-21-31-29(19-35(37)51-4)39(47)45-23-27-13-8-6-11-25(27)17-33(45)41(49)43(31)2/h5-8,10-13,18-21,32-33H,9,14-17,22-23H2,1-4H3/t32-,33-/m0/s1. The van der Waals surface area contributed by atoms with Gasteiger partial charge in [0, 0.05) is 58.6 Å². The maximum absolute atomic E-state index is 13.9. The summed E-state index contributed by atoms with van der Waals surface area (Å²) >= 11 is 0. The first-order chi connectivity index (χ1) is 25.7. The van der Waals surface area contributed by atoms with Crippen molar-refractivity contribution in [3.8, 4) is 23.0 Å². The molecule has 0 aliphatic carbocycles. The maximum Gasteiger partial charge on any atom is 0.257 e. The van der Waals surface area contributed by atoms with E-state index in [0.717, 1.165) is 22.3 Å². The van der Waals surface area contributed by atoms with Crippen molar-refractivity contribution in [2.45, 2.75) is 44.4 Å². The molecule has 8 rings (SSSR count). The fourth-order valence-electron chi connectivity index (χ4n) is 7.87. The van der Waals surface area contributed by atoms with Crippen molar-refractivity contribution in [1.82, 2.24) is 9.80 Å². The third-order valence-corrected chi connectivity index (χ3v) is 10.8. The van der Waals surface area contributed by atoms with E-state index in [1.54, 1.807) is 48.2 Å². The van der Waals surface area contributed by atoms with Gasteiger partial charge in [0.1, 0.15) is 12.1 Å². The van der Waals surface area contributed by atoms with Gasteiger partial charge < -0.3 is 38.5 Å². The Hall–Kier alpha value is -6.04. The molecular weight excluding hydrogens is 676 g/mol. The van der Waals surface area contributed by atoms with E-state index in [2.05, 4.69) is 0 Å². The Morgan fingerprint density at radius 1 is 0.566 bits per heavy atom. The van der Waals surface area contributed by atoms with Crippen molar-refractivity contribution in [1.29, 1.82) is 0 Å². The first-order valence-corrected chi connectivity index (χ1v) is 17.7. The fourth-order valence-corrected chi connectivity index (χ4v) is 7.87. The molecule has 2 atom stereocenters. The number of fused-ring (bicyclic) bond motifs is 6. The number of hydrogen-bond donors (Lipinski definition) is 0. The van der Waals surface area contributed by atoms with Gasteiger partial charge in [-0.15, -0.1) is 0 Å². The normalized spacial score (nSPS) is 18.9. The highest BCUT2D eigenvalue weighted by molar-refractivity contribution is 6.12. The van der Waals surface area contributed by atoms with Crippen molar-refractivity contribution in [2.24, 2.45) is 0 Å². The van der Waals surface area contributed by atoms with Crippen LogP contribution in [0.3, 0.4) is 0 Å². The van der Waals surface area contributed by atoms with Gasteiger partial charge in [0.15, 0.2) is 23.0 Å². The molecule has 0 spiro atoms. The Kier molecular flexibility index (Phi) is 8.68. The third-order valence-electron chi connectivity index (χ3n) is 10.8. The Labute approximate surface area is 307 Å². The zero-order chi connectivity index (χ0) is 37.0. The molecule has 4 heterocycles. The van der Waals surface area contributed by atoms with E-state index in [9.17, 15) is 19.2 Å². The highest BCUT2D eigenvalue weighted by Gasteiger charge is 2.43. The minimum Gasteiger partial charge on any atom is -0.493 e. The largest absolute Gasteiger partial charge is 0.493 e. The molecule has 4 aliphatic heterocycles. The summed E-state index contributed by atoms with van der Waals surface area (Å²) in [6.07, 6.45) is 1.35. The number of methoxy groups -OCH3 is 2. The zero-order valence-electron chi connectivity index (χ0n) is 30.1. The summed E-state index contributed by atoms with van der Waals surface area (Å²) < 4.78 is 23.6. The zero-order valence-corrected chi connectivity index (χ0v) is 30.1. The van der Waals surface area contributed by atoms with E-state index in [1.165, 1.54) is 24.0 Å². The van der Waals surface area contributed by atoms with E-state index in [-0.39, 0.29) is 36.8 Å². The summed E-state index contributed by atoms with van der Waals surface area (Å²) in [5.74, 6) is 0.726. The van der Waals surface area contributed by atoms with Crippen LogP contribution in [0.4, 0.5) is 11.4 Å². The van der Waals surface area contributed by atoms with Crippen LogP contribution in [-0.2, 0) is 35.5 Å². The Balaban J connectivity index is 0.967. The van der Waals surface area contributed by atoms with Crippen LogP contribution >= 0.6 is 0 Å². The molecule has 0 unspecified atom stereocenters. The van der Waals surface area contributed by atoms with Crippen molar-refractivity contribution < 1.29 is 38.1 Å². The minimum absolute atomic E-state index is 0.166. The van der Waals surface area contributed by atoms with Gasteiger partial charge in [0.05, 0.1) is 49.9 Å². The van der Waals surface area contributed by atoms with Crippen LogP contribution in [0.15, 0.2) is 72.8 Å². The van der Waals surface area contributed by atoms with Gasteiger partial charge in [-0.05, 0) is 34.4 Å². The summed E-state index contributed by atoms with van der Waals surface area (Å²) in [7, 11) is 6.38. The lowest BCUT2D eigenvalue weighted by Crippen LogP contribution is -2.50. The summed E-state index contributed by atoms with van der Waals surface area (Å²) in [6, 6.07) is 21.2. The Morgan fingerprint density at radius 2 is 0.962 bits per heavy atom. The Bertz CT molecular complexity index is 2020. The summed E-state index contributed by atoms with van der Waals surface area (Å²) in [5, 5.41) is 0. The molecule has 272 valence electrons. The molecule has 4 aromatic carbocycles. The molecule has 0 aromatic heterocycles. The van der Waals surface area contributed by atoms with Gasteiger partial charge in [-0.1, -0.05) is 48.5 Å². The SMILES string of the molecule is COc1cc2c(cc1OCCCOc1cc3c(cc1OC)C(=O)N1Cc4ccccc4C[C@H]1C(=O)N3C)N(C)C(=O)[C@@H]1Cc3ccccc3CN1C2=O. The van der Waals surface area contributed by atoms with E-state index in [4.69, 9.17) is 18.9 Å². The fraction of sp³-hybridized carbons (Fsp3) is 0.317. The number of carbonyl (C=O) groups is 4. The number of nitrogens with zero attached hydrogens (tertiary/aromatic N) is 4. The monoisotopic (exact) mass is 716 g/mol. The molecule has 4 amide bonds. The van der Waals surface area contributed by atoms with Gasteiger partial charge in [0.25, 0.3) is 11.8 Å². The summed E-state index contributed by atoms with van der Waals surface area (Å²) in [6.45, 7) is 1.16. The Morgan fingerprint density at radius 3 is 1.36 bits per heavy atom. The molecule has 53 heavy (non-hydrogen) atoms. The van der Waals surface area contributed by atoms with E-state index in [0.29, 0.717) is 77.9 Å². The van der Waals surface area contributed by atoms with Gasteiger partial charge >= 0.3 is 0 Å². The number of amides is 4. The maximum atomic E-state index is 13.9. The summed E-state index contributed by atoms with van der Waals surface area (Å²) in [5.41, 5.74) is 5.84. The predicted molar refractivity (Wildman–Crippen MR) is 196 cm³/mol. The lowest BCUT2D eigenvalue weighted by molar-refractivity contribution is -0.123. The summed E-state index contributed by atoms with van der Waals surface area (Å²) in [4.78, 5) is 61.6. The highest BCUT2D eigenvalue weighted by Crippen LogP contribution is 2.41. The smallest absolute Gasteiger partial charge is 0.257 e. The highest BCUT2D eigenvalue weighted by atomic mass is 16.5. The second-order valence-corrected chi connectivity index (χ2v) is 13.7. The number of hydrogen-bond acceptors (Lipinski definition) is 8. The van der Waals surface area contributed by atoms with E-state index in [1.807, 2.05) is 48.5 Å². The van der Waals surface area contributed by atoms with E-state index < -0.39 is 12.1 Å². The molecule has 12 nitrogen and oxygen atoms in total. The molecule has 12 heteroatoms. The second kappa shape index (κ2) is 13.5. The average Bonchev–Trinajstić information content (AvgIpc) is 3.31. The number of likely N-dealkylation sites (N-methyl/N-ethyl adjacent to an activating group) is 2. The van der Waals surface area contributed by atoms with Crippen molar-refractivity contribution >= 4 is 35.0 Å². The van der Waals surface area contributed by atoms with Crippen LogP contribution < -0.4 is 28.7 Å². The lowest BCUT2D eigenvalue weighted by atomic mass is 9.93. The number of anilines is 2. The number of benzene rings is 4. The topological polar surface area (TPSA) is 118 Å². The average molecular weight is 717 g/mol. The van der Waals surface area contributed by atoms with Crippen LogP contribution in [0.2, 0.25) is 0 Å². The van der Waals surface area contributed by atoms with Gasteiger partial charge in [-0.25, -0.2) is 0 Å². The van der Waals surface area contributed by atoms with Gasteiger partial charge in [-0.3, -0.25) is 19.2 Å².